The van der Waals surface area contributed by atoms with Crippen molar-refractivity contribution in [3.63, 3.8) is 0 Å². The summed E-state index contributed by atoms with van der Waals surface area (Å²) in [5.74, 6) is 0.165. The third-order valence-corrected chi connectivity index (χ3v) is 4.49. The van der Waals surface area contributed by atoms with Crippen molar-refractivity contribution in [1.29, 1.82) is 0 Å². The molecule has 22 heavy (non-hydrogen) atoms. The fourth-order valence-electron chi connectivity index (χ4n) is 3.11. The normalized spacial score (nSPS) is 22.0. The topological polar surface area (TPSA) is 44.4 Å². The standard InChI is InChI=1S/C16H23N3O.2ClH/c1-12(16(20)18-15-6-8-17-10-15)19-9-7-13-4-2-3-5-14(13)11-19;;/h2-5,12,15,17H,6-11H2,1H3,(H,18,20);2*1H. The third-order valence-electron chi connectivity index (χ3n) is 4.49. The van der Waals surface area contributed by atoms with Gasteiger partial charge in [-0.1, -0.05) is 24.3 Å². The number of halogens is 2. The van der Waals surface area contributed by atoms with E-state index in [1.807, 2.05) is 6.92 Å². The predicted molar refractivity (Wildman–Crippen MR) is 93.9 cm³/mol. The van der Waals surface area contributed by atoms with Gasteiger partial charge in [0.2, 0.25) is 5.91 Å². The van der Waals surface area contributed by atoms with E-state index in [0.29, 0.717) is 6.04 Å². The number of nitrogens with one attached hydrogen (secondary N) is 2. The van der Waals surface area contributed by atoms with Crippen LogP contribution in [0.1, 0.15) is 24.5 Å². The number of hydrogen-bond donors (Lipinski definition) is 2. The molecule has 6 heteroatoms. The molecule has 0 bridgehead atoms. The predicted octanol–water partition coefficient (Wildman–Crippen LogP) is 1.75. The Bertz CT molecular complexity index is 492. The van der Waals surface area contributed by atoms with Gasteiger partial charge in [0, 0.05) is 25.7 Å². The zero-order chi connectivity index (χ0) is 13.9. The van der Waals surface area contributed by atoms with Crippen LogP contribution in [-0.4, -0.2) is 42.5 Å². The summed E-state index contributed by atoms with van der Waals surface area (Å²) in [5.41, 5.74) is 2.79. The smallest absolute Gasteiger partial charge is 0.237 e. The molecule has 1 aromatic rings. The van der Waals surface area contributed by atoms with Gasteiger partial charge in [-0.3, -0.25) is 9.69 Å². The van der Waals surface area contributed by atoms with Crippen molar-refractivity contribution >= 4 is 30.7 Å². The maximum Gasteiger partial charge on any atom is 0.237 e. The molecular formula is C16H25Cl2N3O. The lowest BCUT2D eigenvalue weighted by atomic mass is 9.98. The molecule has 1 fully saturated rings. The van der Waals surface area contributed by atoms with E-state index in [9.17, 15) is 4.79 Å². The van der Waals surface area contributed by atoms with Gasteiger partial charge in [0.1, 0.15) is 0 Å². The molecule has 0 spiro atoms. The average molecular weight is 346 g/mol. The summed E-state index contributed by atoms with van der Waals surface area (Å²) >= 11 is 0. The SMILES string of the molecule is CC(C(=O)NC1CCNC1)N1CCc2ccccc2C1.Cl.Cl. The van der Waals surface area contributed by atoms with Gasteiger partial charge in [0.05, 0.1) is 6.04 Å². The minimum absolute atomic E-state index is 0. The third kappa shape index (κ3) is 4.35. The van der Waals surface area contributed by atoms with Crippen molar-refractivity contribution in [3.05, 3.63) is 35.4 Å². The largest absolute Gasteiger partial charge is 0.351 e. The second kappa shape index (κ2) is 8.73. The minimum atomic E-state index is -0.0519. The molecule has 2 unspecified atom stereocenters. The number of hydrogen-bond acceptors (Lipinski definition) is 3. The van der Waals surface area contributed by atoms with Crippen LogP contribution in [-0.2, 0) is 17.8 Å². The van der Waals surface area contributed by atoms with Crippen LogP contribution in [0.15, 0.2) is 24.3 Å². The molecule has 1 saturated heterocycles. The van der Waals surface area contributed by atoms with Crippen LogP contribution in [0.5, 0.6) is 0 Å². The Morgan fingerprint density at radius 2 is 2.05 bits per heavy atom. The molecule has 0 saturated carbocycles. The van der Waals surface area contributed by atoms with E-state index in [4.69, 9.17) is 0 Å². The van der Waals surface area contributed by atoms with Crippen LogP contribution in [0.2, 0.25) is 0 Å². The van der Waals surface area contributed by atoms with Crippen molar-refractivity contribution in [2.75, 3.05) is 19.6 Å². The van der Waals surface area contributed by atoms with Crippen LogP contribution >= 0.6 is 24.8 Å². The molecule has 2 atom stereocenters. The molecule has 2 aliphatic rings. The summed E-state index contributed by atoms with van der Waals surface area (Å²) < 4.78 is 0. The van der Waals surface area contributed by atoms with Crippen LogP contribution in [0.3, 0.4) is 0 Å². The molecule has 1 aromatic carbocycles. The minimum Gasteiger partial charge on any atom is -0.351 e. The summed E-state index contributed by atoms with van der Waals surface area (Å²) in [4.78, 5) is 14.6. The van der Waals surface area contributed by atoms with Gasteiger partial charge in [-0.15, -0.1) is 24.8 Å². The highest BCUT2D eigenvalue weighted by molar-refractivity contribution is 5.85. The van der Waals surface area contributed by atoms with Crippen molar-refractivity contribution in [2.24, 2.45) is 0 Å². The zero-order valence-electron chi connectivity index (χ0n) is 12.9. The van der Waals surface area contributed by atoms with Crippen molar-refractivity contribution in [1.82, 2.24) is 15.5 Å². The summed E-state index contributed by atoms with van der Waals surface area (Å²) in [6, 6.07) is 8.80. The van der Waals surface area contributed by atoms with Crippen LogP contribution in [0, 0.1) is 0 Å². The summed E-state index contributed by atoms with van der Waals surface area (Å²) in [6.45, 7) is 5.78. The van der Waals surface area contributed by atoms with Gasteiger partial charge in [0.25, 0.3) is 0 Å². The molecule has 0 radical (unpaired) electrons. The maximum atomic E-state index is 12.3. The lowest BCUT2D eigenvalue weighted by molar-refractivity contribution is -0.126. The summed E-state index contributed by atoms with van der Waals surface area (Å²) in [5, 5.41) is 6.44. The summed E-state index contributed by atoms with van der Waals surface area (Å²) in [7, 11) is 0. The van der Waals surface area contributed by atoms with Gasteiger partial charge in [-0.05, 0) is 37.4 Å². The molecule has 1 amide bonds. The van der Waals surface area contributed by atoms with Crippen molar-refractivity contribution in [3.8, 4) is 0 Å². The van der Waals surface area contributed by atoms with Gasteiger partial charge >= 0.3 is 0 Å². The number of rotatable bonds is 3. The van der Waals surface area contributed by atoms with E-state index >= 15 is 0 Å². The van der Waals surface area contributed by atoms with Crippen LogP contribution in [0.4, 0.5) is 0 Å². The lowest BCUT2D eigenvalue weighted by Gasteiger charge is -2.33. The number of amides is 1. The molecule has 0 aliphatic carbocycles. The van der Waals surface area contributed by atoms with Crippen LogP contribution < -0.4 is 10.6 Å². The number of fused-ring (bicyclic) bond motifs is 1. The van der Waals surface area contributed by atoms with E-state index in [2.05, 4.69) is 39.8 Å². The highest BCUT2D eigenvalue weighted by atomic mass is 35.5. The van der Waals surface area contributed by atoms with E-state index < -0.39 is 0 Å². The highest BCUT2D eigenvalue weighted by Gasteiger charge is 2.27. The van der Waals surface area contributed by atoms with E-state index in [1.165, 1.54) is 11.1 Å². The number of benzene rings is 1. The zero-order valence-corrected chi connectivity index (χ0v) is 14.5. The molecular weight excluding hydrogens is 321 g/mol. The Labute approximate surface area is 144 Å². The highest BCUT2D eigenvalue weighted by Crippen LogP contribution is 2.20. The van der Waals surface area contributed by atoms with E-state index in [0.717, 1.165) is 39.0 Å². The first-order valence-electron chi connectivity index (χ1n) is 7.56. The maximum absolute atomic E-state index is 12.3. The van der Waals surface area contributed by atoms with E-state index in [1.54, 1.807) is 0 Å². The number of nitrogens with zero attached hydrogens (tertiary/aromatic N) is 1. The van der Waals surface area contributed by atoms with Crippen molar-refractivity contribution < 1.29 is 4.79 Å². The van der Waals surface area contributed by atoms with E-state index in [-0.39, 0.29) is 36.8 Å². The Hall–Kier alpha value is -0.810. The fraction of sp³-hybridized carbons (Fsp3) is 0.562. The molecule has 2 aliphatic heterocycles. The first-order valence-corrected chi connectivity index (χ1v) is 7.56. The molecule has 124 valence electrons. The Kier molecular flexibility index (Phi) is 7.63. The second-order valence-electron chi connectivity index (χ2n) is 5.86. The first kappa shape index (κ1) is 19.2. The monoisotopic (exact) mass is 345 g/mol. The Morgan fingerprint density at radius 3 is 2.73 bits per heavy atom. The van der Waals surface area contributed by atoms with Gasteiger partial charge < -0.3 is 10.6 Å². The number of carbonyl (C=O) groups excluding carboxylic acids is 1. The average Bonchev–Trinajstić information content (AvgIpc) is 2.99. The van der Waals surface area contributed by atoms with Crippen molar-refractivity contribution in [2.45, 2.75) is 38.4 Å². The quantitative estimate of drug-likeness (QED) is 0.877. The Balaban J connectivity index is 0.00000121. The number of carbonyl (C=O) groups is 1. The fourth-order valence-corrected chi connectivity index (χ4v) is 3.11. The van der Waals surface area contributed by atoms with Crippen LogP contribution in [0.25, 0.3) is 0 Å². The summed E-state index contributed by atoms with van der Waals surface area (Å²) in [6.07, 6.45) is 2.08. The molecule has 3 rings (SSSR count). The Morgan fingerprint density at radius 1 is 1.32 bits per heavy atom. The van der Waals surface area contributed by atoms with Gasteiger partial charge in [-0.25, -0.2) is 0 Å². The molecule has 4 nitrogen and oxygen atoms in total. The van der Waals surface area contributed by atoms with Gasteiger partial charge in [0.15, 0.2) is 0 Å². The molecule has 2 N–H and O–H groups in total. The second-order valence-corrected chi connectivity index (χ2v) is 5.86. The first-order chi connectivity index (χ1) is 9.74. The van der Waals surface area contributed by atoms with Gasteiger partial charge in [-0.2, -0.15) is 0 Å². The molecule has 0 aromatic heterocycles. The molecule has 2 heterocycles. The lowest BCUT2D eigenvalue weighted by Crippen LogP contribution is -2.50.